The molecular formula is C10H10Cl2O. The van der Waals surface area contributed by atoms with Gasteiger partial charge in [-0.05, 0) is 24.6 Å². The quantitative estimate of drug-likeness (QED) is 0.738. The lowest BCUT2D eigenvalue weighted by Gasteiger charge is -2.11. The van der Waals surface area contributed by atoms with Gasteiger partial charge in [0.25, 0.3) is 0 Å². The van der Waals surface area contributed by atoms with E-state index in [4.69, 9.17) is 23.2 Å². The van der Waals surface area contributed by atoms with E-state index in [1.165, 1.54) is 6.92 Å². The molecule has 1 unspecified atom stereocenters. The molecule has 0 aliphatic carbocycles. The first-order valence-corrected chi connectivity index (χ1v) is 4.74. The van der Waals surface area contributed by atoms with Gasteiger partial charge >= 0.3 is 0 Å². The number of rotatable bonds is 2. The minimum absolute atomic E-state index is 0.0648. The van der Waals surface area contributed by atoms with Crippen LogP contribution in [0.25, 0.3) is 0 Å². The number of halogens is 2. The molecule has 0 fully saturated rings. The Morgan fingerprint density at radius 1 is 1.31 bits per heavy atom. The van der Waals surface area contributed by atoms with E-state index in [2.05, 4.69) is 0 Å². The van der Waals surface area contributed by atoms with E-state index in [-0.39, 0.29) is 11.7 Å². The van der Waals surface area contributed by atoms with Crippen LogP contribution in [-0.4, -0.2) is 5.78 Å². The zero-order valence-corrected chi connectivity index (χ0v) is 8.99. The van der Waals surface area contributed by atoms with Gasteiger partial charge < -0.3 is 0 Å². The Hall–Kier alpha value is -0.530. The second kappa shape index (κ2) is 4.12. The molecule has 0 aliphatic heterocycles. The smallest absolute Gasteiger partial charge is 0.137 e. The topological polar surface area (TPSA) is 17.1 Å². The monoisotopic (exact) mass is 216 g/mol. The zero-order chi connectivity index (χ0) is 10.0. The van der Waals surface area contributed by atoms with Gasteiger partial charge in [0.2, 0.25) is 0 Å². The molecule has 1 aromatic carbocycles. The van der Waals surface area contributed by atoms with E-state index in [0.29, 0.717) is 10.0 Å². The minimum Gasteiger partial charge on any atom is -0.299 e. The summed E-state index contributed by atoms with van der Waals surface area (Å²) in [6.07, 6.45) is 0. The first-order chi connectivity index (χ1) is 6.04. The Bertz CT molecular complexity index is 313. The van der Waals surface area contributed by atoms with Gasteiger partial charge in [-0.25, -0.2) is 0 Å². The van der Waals surface area contributed by atoms with Crippen molar-refractivity contribution in [1.29, 1.82) is 0 Å². The van der Waals surface area contributed by atoms with Crippen LogP contribution < -0.4 is 0 Å². The first-order valence-electron chi connectivity index (χ1n) is 3.98. The van der Waals surface area contributed by atoms with E-state index >= 15 is 0 Å². The van der Waals surface area contributed by atoms with Crippen molar-refractivity contribution in [2.45, 2.75) is 19.8 Å². The number of benzene rings is 1. The highest BCUT2D eigenvalue weighted by Crippen LogP contribution is 2.31. The average Bonchev–Trinajstić information content (AvgIpc) is 2.03. The molecule has 0 heterocycles. The van der Waals surface area contributed by atoms with Crippen LogP contribution >= 0.6 is 23.2 Å². The summed E-state index contributed by atoms with van der Waals surface area (Å²) >= 11 is 11.9. The van der Waals surface area contributed by atoms with Crippen LogP contribution in [0.15, 0.2) is 18.2 Å². The highest BCUT2D eigenvalue weighted by molar-refractivity contribution is 6.36. The van der Waals surface area contributed by atoms with Crippen LogP contribution in [-0.2, 0) is 4.79 Å². The van der Waals surface area contributed by atoms with Gasteiger partial charge in [0, 0.05) is 16.0 Å². The van der Waals surface area contributed by atoms with Crippen molar-refractivity contribution < 1.29 is 4.79 Å². The van der Waals surface area contributed by atoms with Crippen LogP contribution in [0.1, 0.15) is 25.3 Å². The Kier molecular flexibility index (Phi) is 3.34. The predicted octanol–water partition coefficient (Wildman–Crippen LogP) is 3.69. The van der Waals surface area contributed by atoms with Gasteiger partial charge in [0.15, 0.2) is 0 Å². The molecule has 1 nitrogen and oxygen atoms in total. The summed E-state index contributed by atoms with van der Waals surface area (Å²) in [4.78, 5) is 11.1. The molecule has 0 aromatic heterocycles. The maximum absolute atomic E-state index is 11.1. The summed E-state index contributed by atoms with van der Waals surface area (Å²) in [7, 11) is 0. The molecule has 0 aliphatic rings. The molecule has 0 saturated heterocycles. The highest BCUT2D eigenvalue weighted by atomic mass is 35.5. The molecule has 1 atom stereocenters. The largest absolute Gasteiger partial charge is 0.299 e. The van der Waals surface area contributed by atoms with Crippen molar-refractivity contribution in [1.82, 2.24) is 0 Å². The second-order valence-electron chi connectivity index (χ2n) is 2.97. The first kappa shape index (κ1) is 10.6. The predicted molar refractivity (Wildman–Crippen MR) is 55.6 cm³/mol. The van der Waals surface area contributed by atoms with E-state index < -0.39 is 0 Å². The minimum atomic E-state index is -0.235. The van der Waals surface area contributed by atoms with Crippen molar-refractivity contribution in [2.24, 2.45) is 0 Å². The normalized spacial score (nSPS) is 12.6. The maximum Gasteiger partial charge on any atom is 0.137 e. The van der Waals surface area contributed by atoms with Crippen LogP contribution in [0, 0.1) is 0 Å². The number of carbonyl (C=O) groups is 1. The molecule has 70 valence electrons. The number of ketones is 1. The summed E-state index contributed by atoms with van der Waals surface area (Å²) in [6, 6.07) is 5.24. The molecule has 0 spiro atoms. The van der Waals surface area contributed by atoms with Crippen LogP contribution in [0.3, 0.4) is 0 Å². The van der Waals surface area contributed by atoms with Gasteiger partial charge in [-0.3, -0.25) is 4.79 Å². The van der Waals surface area contributed by atoms with Crippen LogP contribution in [0.5, 0.6) is 0 Å². The molecule has 0 bridgehead atoms. The van der Waals surface area contributed by atoms with E-state index in [9.17, 15) is 4.79 Å². The van der Waals surface area contributed by atoms with Gasteiger partial charge in [-0.1, -0.05) is 36.2 Å². The number of Topliss-reactive ketones (excluding diaryl/α,β-unsaturated/α-hetero) is 1. The van der Waals surface area contributed by atoms with Crippen LogP contribution in [0.2, 0.25) is 10.0 Å². The van der Waals surface area contributed by atoms with E-state index in [1.807, 2.05) is 0 Å². The summed E-state index contributed by atoms with van der Waals surface area (Å²) < 4.78 is 0. The molecule has 0 amide bonds. The van der Waals surface area contributed by atoms with Gasteiger partial charge in [-0.15, -0.1) is 0 Å². The van der Waals surface area contributed by atoms with Crippen molar-refractivity contribution in [3.8, 4) is 0 Å². The van der Waals surface area contributed by atoms with E-state index in [0.717, 1.165) is 5.56 Å². The standard InChI is InChI=1S/C10H10Cl2O/c1-6(7(2)13)10-8(11)4-3-5-9(10)12/h3-6H,1-2H3. The van der Waals surface area contributed by atoms with Gasteiger partial charge in [-0.2, -0.15) is 0 Å². The molecule has 3 heteroatoms. The Balaban J connectivity index is 3.20. The SMILES string of the molecule is CC(=O)C(C)c1c(Cl)cccc1Cl. The number of carbonyl (C=O) groups excluding carboxylic acids is 1. The molecule has 0 saturated carbocycles. The van der Waals surface area contributed by atoms with Crippen LogP contribution in [0.4, 0.5) is 0 Å². The number of hydrogen-bond donors (Lipinski definition) is 0. The van der Waals surface area contributed by atoms with Gasteiger partial charge in [0.05, 0.1) is 0 Å². The second-order valence-corrected chi connectivity index (χ2v) is 3.78. The third kappa shape index (κ3) is 2.23. The van der Waals surface area contributed by atoms with Crippen molar-refractivity contribution in [2.75, 3.05) is 0 Å². The summed E-state index contributed by atoms with van der Waals surface area (Å²) in [5, 5.41) is 1.10. The van der Waals surface area contributed by atoms with Gasteiger partial charge in [0.1, 0.15) is 5.78 Å². The summed E-state index contributed by atoms with van der Waals surface area (Å²) in [5.41, 5.74) is 0.721. The molecular weight excluding hydrogens is 207 g/mol. The lowest BCUT2D eigenvalue weighted by molar-refractivity contribution is -0.118. The third-order valence-electron chi connectivity index (χ3n) is 2.04. The molecule has 0 radical (unpaired) electrons. The van der Waals surface area contributed by atoms with E-state index in [1.54, 1.807) is 25.1 Å². The fourth-order valence-corrected chi connectivity index (χ4v) is 1.85. The Morgan fingerprint density at radius 3 is 2.15 bits per heavy atom. The average molecular weight is 217 g/mol. The maximum atomic E-state index is 11.1. The molecule has 13 heavy (non-hydrogen) atoms. The molecule has 1 rings (SSSR count). The lowest BCUT2D eigenvalue weighted by atomic mass is 9.97. The lowest BCUT2D eigenvalue weighted by Crippen LogP contribution is -2.05. The molecule has 1 aromatic rings. The van der Waals surface area contributed by atoms with Crippen molar-refractivity contribution in [3.63, 3.8) is 0 Å². The molecule has 0 N–H and O–H groups in total. The fraction of sp³-hybridized carbons (Fsp3) is 0.300. The van der Waals surface area contributed by atoms with Crippen molar-refractivity contribution >= 4 is 29.0 Å². The fourth-order valence-electron chi connectivity index (χ4n) is 1.13. The summed E-state index contributed by atoms with van der Waals surface area (Å²) in [6.45, 7) is 3.33. The zero-order valence-electron chi connectivity index (χ0n) is 7.47. The third-order valence-corrected chi connectivity index (χ3v) is 2.70. The van der Waals surface area contributed by atoms with Crippen molar-refractivity contribution in [3.05, 3.63) is 33.8 Å². The number of hydrogen-bond acceptors (Lipinski definition) is 1. The summed E-state index contributed by atoms with van der Waals surface area (Å²) in [5.74, 6) is -0.170. The Morgan fingerprint density at radius 2 is 1.77 bits per heavy atom. The Labute approximate surface area is 87.7 Å². The highest BCUT2D eigenvalue weighted by Gasteiger charge is 2.16.